The molecule has 0 spiro atoms. The van der Waals surface area contributed by atoms with E-state index in [-0.39, 0.29) is 5.91 Å². The third kappa shape index (κ3) is 3.43. The summed E-state index contributed by atoms with van der Waals surface area (Å²) in [7, 11) is 0. The number of thiazole rings is 1. The maximum absolute atomic E-state index is 12.3. The fourth-order valence-electron chi connectivity index (χ4n) is 2.66. The molecular formula is C18H21N3O2S. The Morgan fingerprint density at radius 3 is 2.92 bits per heavy atom. The number of aryl methyl sites for hydroxylation is 2. The predicted molar refractivity (Wildman–Crippen MR) is 96.6 cm³/mol. The normalized spacial score (nSPS) is 11.0. The molecule has 0 aliphatic carbocycles. The van der Waals surface area contributed by atoms with Crippen molar-refractivity contribution in [3.05, 3.63) is 45.5 Å². The molecule has 1 amide bonds. The molecule has 0 saturated carbocycles. The van der Waals surface area contributed by atoms with Crippen LogP contribution in [0, 0.1) is 13.8 Å². The molecule has 6 heteroatoms. The van der Waals surface area contributed by atoms with Crippen LogP contribution >= 0.6 is 11.3 Å². The van der Waals surface area contributed by atoms with Crippen molar-refractivity contribution >= 4 is 28.1 Å². The monoisotopic (exact) mass is 343 g/mol. The fourth-order valence-corrected chi connectivity index (χ4v) is 3.53. The smallest absolute Gasteiger partial charge is 0.224 e. The number of carbonyl (C=O) groups is 1. The number of ether oxygens (including phenoxy) is 1. The van der Waals surface area contributed by atoms with Gasteiger partial charge in [-0.15, -0.1) is 11.3 Å². The average molecular weight is 343 g/mol. The summed E-state index contributed by atoms with van der Waals surface area (Å²) in [5.74, 6) is 0.790. The molecule has 24 heavy (non-hydrogen) atoms. The Labute approximate surface area is 145 Å². The van der Waals surface area contributed by atoms with Gasteiger partial charge in [-0.1, -0.05) is 6.07 Å². The lowest BCUT2D eigenvalue weighted by Gasteiger charge is -2.07. The van der Waals surface area contributed by atoms with Crippen LogP contribution in [-0.2, 0) is 17.8 Å². The highest BCUT2D eigenvalue weighted by Gasteiger charge is 2.13. The Morgan fingerprint density at radius 2 is 2.21 bits per heavy atom. The number of hydrogen-bond acceptors (Lipinski definition) is 4. The van der Waals surface area contributed by atoms with E-state index in [4.69, 9.17) is 4.74 Å². The highest BCUT2D eigenvalue weighted by molar-refractivity contribution is 7.11. The zero-order valence-corrected chi connectivity index (χ0v) is 14.9. The number of aromatic amines is 1. The highest BCUT2D eigenvalue weighted by atomic mass is 32.1. The van der Waals surface area contributed by atoms with E-state index in [1.54, 1.807) is 11.3 Å². The maximum atomic E-state index is 12.3. The Balaban J connectivity index is 1.71. The van der Waals surface area contributed by atoms with Crippen LogP contribution in [-0.4, -0.2) is 22.5 Å². The van der Waals surface area contributed by atoms with Gasteiger partial charge in [-0.2, -0.15) is 0 Å². The van der Waals surface area contributed by atoms with Crippen LogP contribution in [0.15, 0.2) is 24.4 Å². The van der Waals surface area contributed by atoms with Crippen LogP contribution < -0.4 is 10.1 Å². The lowest BCUT2D eigenvalue weighted by atomic mass is 10.1. The minimum Gasteiger partial charge on any atom is -0.493 e. The second kappa shape index (κ2) is 7.05. The summed E-state index contributed by atoms with van der Waals surface area (Å²) in [5, 5.41) is 4.87. The van der Waals surface area contributed by atoms with Crippen LogP contribution in [0.3, 0.4) is 0 Å². The van der Waals surface area contributed by atoms with Gasteiger partial charge in [0.25, 0.3) is 0 Å². The average Bonchev–Trinajstić information content (AvgIpc) is 3.10. The number of amides is 1. The van der Waals surface area contributed by atoms with Crippen molar-refractivity contribution in [1.29, 1.82) is 0 Å². The van der Waals surface area contributed by atoms with E-state index in [1.807, 2.05) is 45.2 Å². The first-order chi connectivity index (χ1) is 11.6. The number of H-pyrrole nitrogens is 1. The van der Waals surface area contributed by atoms with Gasteiger partial charge >= 0.3 is 0 Å². The number of hydrogen-bond donors (Lipinski definition) is 2. The molecule has 126 valence electrons. The zero-order chi connectivity index (χ0) is 17.1. The fraction of sp³-hybridized carbons (Fsp3) is 0.333. The van der Waals surface area contributed by atoms with E-state index >= 15 is 0 Å². The van der Waals surface area contributed by atoms with Crippen LogP contribution in [0.2, 0.25) is 0 Å². The first kappa shape index (κ1) is 16.5. The molecule has 0 bridgehead atoms. The summed E-state index contributed by atoms with van der Waals surface area (Å²) in [6.07, 6.45) is 2.19. The number of fused-ring (bicyclic) bond motifs is 1. The quantitative estimate of drug-likeness (QED) is 0.720. The SMILES string of the molecule is CCOc1cccc2[nH]cc(CC(=O)NCc3nc(C)c(C)s3)c12. The van der Waals surface area contributed by atoms with Crippen molar-refractivity contribution in [2.24, 2.45) is 0 Å². The molecule has 5 nitrogen and oxygen atoms in total. The first-order valence-corrected chi connectivity index (χ1v) is 8.81. The van der Waals surface area contributed by atoms with Gasteiger partial charge in [-0.05, 0) is 38.5 Å². The van der Waals surface area contributed by atoms with Gasteiger partial charge in [0.05, 0.1) is 25.3 Å². The van der Waals surface area contributed by atoms with Crippen molar-refractivity contribution in [3.63, 3.8) is 0 Å². The molecule has 0 radical (unpaired) electrons. The van der Waals surface area contributed by atoms with Gasteiger partial charge in [-0.3, -0.25) is 4.79 Å². The van der Waals surface area contributed by atoms with Crippen molar-refractivity contribution < 1.29 is 9.53 Å². The van der Waals surface area contributed by atoms with Gasteiger partial charge in [0.15, 0.2) is 0 Å². The van der Waals surface area contributed by atoms with E-state index in [1.165, 1.54) is 4.88 Å². The molecule has 0 saturated heterocycles. The third-order valence-corrected chi connectivity index (χ3v) is 4.98. The topological polar surface area (TPSA) is 67.0 Å². The van der Waals surface area contributed by atoms with E-state index in [9.17, 15) is 4.79 Å². The minimum atomic E-state index is -0.0206. The Bertz CT molecular complexity index is 847. The molecule has 2 heterocycles. The number of benzene rings is 1. The van der Waals surface area contributed by atoms with Crippen LogP contribution in [0.1, 0.15) is 28.1 Å². The van der Waals surface area contributed by atoms with E-state index in [0.717, 1.165) is 32.9 Å². The van der Waals surface area contributed by atoms with Crippen molar-refractivity contribution in [1.82, 2.24) is 15.3 Å². The Hall–Kier alpha value is -2.34. The molecule has 0 unspecified atom stereocenters. The van der Waals surface area contributed by atoms with Gasteiger partial charge in [0, 0.05) is 22.0 Å². The van der Waals surface area contributed by atoms with E-state index < -0.39 is 0 Å². The van der Waals surface area contributed by atoms with Crippen molar-refractivity contribution in [2.75, 3.05) is 6.61 Å². The largest absolute Gasteiger partial charge is 0.493 e. The molecule has 0 fully saturated rings. The summed E-state index contributed by atoms with van der Waals surface area (Å²) < 4.78 is 5.68. The van der Waals surface area contributed by atoms with Gasteiger partial charge in [0.1, 0.15) is 10.8 Å². The number of rotatable bonds is 6. The zero-order valence-electron chi connectivity index (χ0n) is 14.1. The van der Waals surface area contributed by atoms with E-state index in [2.05, 4.69) is 15.3 Å². The van der Waals surface area contributed by atoms with Gasteiger partial charge in [-0.25, -0.2) is 4.98 Å². The van der Waals surface area contributed by atoms with Crippen molar-refractivity contribution in [2.45, 2.75) is 33.7 Å². The lowest BCUT2D eigenvalue weighted by molar-refractivity contribution is -0.120. The summed E-state index contributed by atoms with van der Waals surface area (Å²) in [6.45, 7) is 7.05. The predicted octanol–water partition coefficient (Wildman–Crippen LogP) is 3.50. The molecule has 3 rings (SSSR count). The molecule has 1 aromatic carbocycles. The summed E-state index contributed by atoms with van der Waals surface area (Å²) in [5.41, 5.74) is 2.95. The second-order valence-corrected chi connectivity index (χ2v) is 6.92. The molecule has 2 N–H and O–H groups in total. The Kier molecular flexibility index (Phi) is 4.85. The van der Waals surface area contributed by atoms with Crippen molar-refractivity contribution in [3.8, 4) is 5.75 Å². The molecule has 0 aliphatic heterocycles. The molecule has 3 aromatic rings. The standard InChI is InChI=1S/C18H21N3O2S/c1-4-23-15-7-5-6-14-18(15)13(9-19-14)8-16(22)20-10-17-21-11(2)12(3)24-17/h5-7,9,19H,4,8,10H2,1-3H3,(H,20,22). The maximum Gasteiger partial charge on any atom is 0.224 e. The van der Waals surface area contributed by atoms with Crippen LogP contribution in [0.25, 0.3) is 10.9 Å². The number of nitrogens with one attached hydrogen (secondary N) is 2. The summed E-state index contributed by atoms with van der Waals surface area (Å²) in [4.78, 5) is 21.1. The first-order valence-electron chi connectivity index (χ1n) is 8.00. The summed E-state index contributed by atoms with van der Waals surface area (Å²) in [6, 6.07) is 5.86. The Morgan fingerprint density at radius 1 is 1.38 bits per heavy atom. The number of carbonyl (C=O) groups excluding carboxylic acids is 1. The van der Waals surface area contributed by atoms with Crippen LogP contribution in [0.5, 0.6) is 5.75 Å². The number of nitrogens with zero attached hydrogens (tertiary/aromatic N) is 1. The number of aromatic nitrogens is 2. The van der Waals surface area contributed by atoms with Crippen LogP contribution in [0.4, 0.5) is 0 Å². The van der Waals surface area contributed by atoms with E-state index in [0.29, 0.717) is 19.6 Å². The molecular weight excluding hydrogens is 322 g/mol. The highest BCUT2D eigenvalue weighted by Crippen LogP contribution is 2.29. The summed E-state index contributed by atoms with van der Waals surface area (Å²) >= 11 is 1.62. The molecule has 2 aromatic heterocycles. The molecule has 0 aliphatic rings. The lowest BCUT2D eigenvalue weighted by Crippen LogP contribution is -2.24. The minimum absolute atomic E-state index is 0.0206. The third-order valence-electron chi connectivity index (χ3n) is 3.91. The van der Waals surface area contributed by atoms with Gasteiger partial charge in [0.2, 0.25) is 5.91 Å². The second-order valence-electron chi connectivity index (χ2n) is 5.63. The molecule has 0 atom stereocenters. The van der Waals surface area contributed by atoms with Gasteiger partial charge < -0.3 is 15.0 Å².